The standard InChI is InChI=1S/C26H25N3O3/c27-15-24(25(30)29-23-11-10-22-16-28-13-12-21(22)14-23)19-8-6-18(7-9-19)17-32-26(31)20-4-2-1-3-5-20/h1-14,16,24,26,31H,15,17,27H2,(H,29,30). The lowest BCUT2D eigenvalue weighted by molar-refractivity contribution is -0.117. The quantitative estimate of drug-likeness (QED) is 0.368. The van der Waals surface area contributed by atoms with Crippen LogP contribution in [0.2, 0.25) is 0 Å². The molecule has 0 saturated carbocycles. The third kappa shape index (κ3) is 5.18. The van der Waals surface area contributed by atoms with E-state index >= 15 is 0 Å². The van der Waals surface area contributed by atoms with Crippen molar-refractivity contribution in [2.75, 3.05) is 11.9 Å². The van der Waals surface area contributed by atoms with Crippen LogP contribution in [0.25, 0.3) is 10.8 Å². The van der Waals surface area contributed by atoms with E-state index in [1.54, 1.807) is 12.4 Å². The zero-order valence-corrected chi connectivity index (χ0v) is 17.5. The minimum Gasteiger partial charge on any atom is -0.364 e. The molecule has 1 aromatic heterocycles. The lowest BCUT2D eigenvalue weighted by Crippen LogP contribution is -2.27. The number of nitrogens with two attached hydrogens (primary N) is 1. The average Bonchev–Trinajstić information content (AvgIpc) is 2.84. The van der Waals surface area contributed by atoms with Crippen molar-refractivity contribution >= 4 is 22.4 Å². The number of amides is 1. The van der Waals surface area contributed by atoms with Crippen molar-refractivity contribution in [1.82, 2.24) is 4.98 Å². The molecule has 2 atom stereocenters. The monoisotopic (exact) mass is 427 g/mol. The smallest absolute Gasteiger partial charge is 0.233 e. The van der Waals surface area contributed by atoms with E-state index in [1.807, 2.05) is 78.9 Å². The fourth-order valence-corrected chi connectivity index (χ4v) is 3.52. The molecule has 0 fully saturated rings. The first-order chi connectivity index (χ1) is 15.6. The summed E-state index contributed by atoms with van der Waals surface area (Å²) in [5, 5.41) is 15.1. The summed E-state index contributed by atoms with van der Waals surface area (Å²) >= 11 is 0. The Balaban J connectivity index is 1.39. The van der Waals surface area contributed by atoms with E-state index in [1.165, 1.54) is 0 Å². The molecule has 0 bridgehead atoms. The molecular formula is C26H25N3O3. The molecule has 0 aliphatic heterocycles. The van der Waals surface area contributed by atoms with Gasteiger partial charge in [-0.15, -0.1) is 0 Å². The normalized spacial score (nSPS) is 12.9. The molecule has 0 spiro atoms. The number of nitrogens with zero attached hydrogens (tertiary/aromatic N) is 1. The number of carbonyl (C=O) groups excluding carboxylic acids is 1. The number of rotatable bonds is 8. The van der Waals surface area contributed by atoms with Crippen LogP contribution in [0.15, 0.2) is 91.3 Å². The molecular weight excluding hydrogens is 402 g/mol. The number of pyridine rings is 1. The Bertz CT molecular complexity index is 1180. The first kappa shape index (κ1) is 21.6. The van der Waals surface area contributed by atoms with Crippen molar-refractivity contribution in [3.63, 3.8) is 0 Å². The van der Waals surface area contributed by atoms with Crippen LogP contribution >= 0.6 is 0 Å². The molecule has 4 rings (SSSR count). The summed E-state index contributed by atoms with van der Waals surface area (Å²) in [5.74, 6) is -0.641. The van der Waals surface area contributed by atoms with Gasteiger partial charge in [-0.1, -0.05) is 60.7 Å². The van der Waals surface area contributed by atoms with Gasteiger partial charge in [0.15, 0.2) is 6.29 Å². The van der Waals surface area contributed by atoms with Crippen LogP contribution in [-0.4, -0.2) is 22.5 Å². The minimum absolute atomic E-state index is 0.163. The average molecular weight is 428 g/mol. The van der Waals surface area contributed by atoms with E-state index in [-0.39, 0.29) is 19.1 Å². The third-order valence-electron chi connectivity index (χ3n) is 5.33. The Hall–Kier alpha value is -3.58. The van der Waals surface area contributed by atoms with Crippen LogP contribution < -0.4 is 11.1 Å². The second kappa shape index (κ2) is 10.2. The van der Waals surface area contributed by atoms with Gasteiger partial charge in [0.2, 0.25) is 5.91 Å². The fraction of sp³-hybridized carbons (Fsp3) is 0.154. The van der Waals surface area contributed by atoms with Gasteiger partial charge in [0.25, 0.3) is 0 Å². The largest absolute Gasteiger partial charge is 0.364 e. The molecule has 162 valence electrons. The van der Waals surface area contributed by atoms with Gasteiger partial charge in [0.05, 0.1) is 12.5 Å². The molecule has 32 heavy (non-hydrogen) atoms. The molecule has 3 aromatic carbocycles. The predicted molar refractivity (Wildman–Crippen MR) is 125 cm³/mol. The van der Waals surface area contributed by atoms with E-state index in [9.17, 15) is 9.90 Å². The van der Waals surface area contributed by atoms with Crippen molar-refractivity contribution in [3.05, 3.63) is 108 Å². The molecule has 6 nitrogen and oxygen atoms in total. The summed E-state index contributed by atoms with van der Waals surface area (Å²) in [6.45, 7) is 0.438. The second-order valence-electron chi connectivity index (χ2n) is 7.53. The van der Waals surface area contributed by atoms with E-state index < -0.39 is 12.2 Å². The van der Waals surface area contributed by atoms with E-state index in [0.29, 0.717) is 11.3 Å². The van der Waals surface area contributed by atoms with Gasteiger partial charge in [0.1, 0.15) is 0 Å². The number of aliphatic hydroxyl groups is 1. The van der Waals surface area contributed by atoms with Gasteiger partial charge in [-0.05, 0) is 34.7 Å². The molecule has 4 aromatic rings. The van der Waals surface area contributed by atoms with Crippen molar-refractivity contribution in [1.29, 1.82) is 0 Å². The number of benzene rings is 3. The van der Waals surface area contributed by atoms with Gasteiger partial charge in [-0.3, -0.25) is 9.78 Å². The number of aliphatic hydroxyl groups excluding tert-OH is 1. The van der Waals surface area contributed by atoms with Crippen molar-refractivity contribution in [2.45, 2.75) is 18.8 Å². The Morgan fingerprint density at radius 1 is 0.969 bits per heavy atom. The van der Waals surface area contributed by atoms with Crippen LogP contribution in [0.1, 0.15) is 28.9 Å². The van der Waals surface area contributed by atoms with Crippen LogP contribution in [0.3, 0.4) is 0 Å². The van der Waals surface area contributed by atoms with Crippen LogP contribution in [0, 0.1) is 0 Å². The number of anilines is 1. The molecule has 0 aliphatic carbocycles. The summed E-state index contributed by atoms with van der Waals surface area (Å²) < 4.78 is 5.55. The predicted octanol–water partition coefficient (Wildman–Crippen LogP) is 4.12. The number of nitrogens with one attached hydrogen (secondary N) is 1. The highest BCUT2D eigenvalue weighted by atomic mass is 16.6. The highest BCUT2D eigenvalue weighted by Gasteiger charge is 2.19. The molecule has 0 saturated heterocycles. The van der Waals surface area contributed by atoms with E-state index in [0.717, 1.165) is 21.9 Å². The summed E-state index contributed by atoms with van der Waals surface area (Å²) in [6, 6.07) is 24.3. The van der Waals surface area contributed by atoms with Crippen molar-refractivity contribution < 1.29 is 14.6 Å². The number of hydrogen-bond donors (Lipinski definition) is 3. The number of fused-ring (bicyclic) bond motifs is 1. The molecule has 0 aliphatic rings. The SMILES string of the molecule is NCC(C(=O)Nc1ccc2cnccc2c1)c1ccc(COC(O)c2ccccc2)cc1. The van der Waals surface area contributed by atoms with E-state index in [2.05, 4.69) is 10.3 Å². The number of ether oxygens (including phenoxy) is 1. The Labute approximate surface area is 186 Å². The topological polar surface area (TPSA) is 97.5 Å². The highest BCUT2D eigenvalue weighted by molar-refractivity contribution is 5.98. The Kier molecular flexibility index (Phi) is 6.87. The summed E-state index contributed by atoms with van der Waals surface area (Å²) in [4.78, 5) is 17.0. The van der Waals surface area contributed by atoms with Crippen molar-refractivity contribution in [3.8, 4) is 0 Å². The second-order valence-corrected chi connectivity index (χ2v) is 7.53. The van der Waals surface area contributed by atoms with Crippen molar-refractivity contribution in [2.24, 2.45) is 5.73 Å². The number of aromatic nitrogens is 1. The van der Waals surface area contributed by atoms with Gasteiger partial charge < -0.3 is 20.9 Å². The maximum Gasteiger partial charge on any atom is 0.233 e. The Morgan fingerprint density at radius 3 is 2.50 bits per heavy atom. The molecule has 1 amide bonds. The van der Waals surface area contributed by atoms with Crippen LogP contribution in [-0.2, 0) is 16.1 Å². The lowest BCUT2D eigenvalue weighted by atomic mass is 9.97. The zero-order chi connectivity index (χ0) is 22.3. The maximum atomic E-state index is 12.9. The molecule has 1 heterocycles. The van der Waals surface area contributed by atoms with E-state index in [4.69, 9.17) is 10.5 Å². The summed E-state index contributed by atoms with van der Waals surface area (Å²) in [7, 11) is 0. The van der Waals surface area contributed by atoms with Crippen LogP contribution in [0.5, 0.6) is 0 Å². The number of carbonyl (C=O) groups is 1. The Morgan fingerprint density at radius 2 is 1.75 bits per heavy atom. The first-order valence-corrected chi connectivity index (χ1v) is 10.4. The summed E-state index contributed by atoms with van der Waals surface area (Å²) in [5.41, 5.74) is 9.05. The minimum atomic E-state index is -0.990. The van der Waals surface area contributed by atoms with Gasteiger partial charge in [-0.25, -0.2) is 0 Å². The molecule has 0 radical (unpaired) electrons. The lowest BCUT2D eigenvalue weighted by Gasteiger charge is -2.17. The maximum absolute atomic E-state index is 12.9. The van der Waals surface area contributed by atoms with Gasteiger partial charge in [-0.2, -0.15) is 0 Å². The highest BCUT2D eigenvalue weighted by Crippen LogP contribution is 2.22. The third-order valence-corrected chi connectivity index (χ3v) is 5.33. The van der Waals surface area contributed by atoms with Crippen LogP contribution in [0.4, 0.5) is 5.69 Å². The van der Waals surface area contributed by atoms with Gasteiger partial charge >= 0.3 is 0 Å². The summed E-state index contributed by atoms with van der Waals surface area (Å²) in [6.07, 6.45) is 2.52. The zero-order valence-electron chi connectivity index (χ0n) is 17.5. The number of hydrogen-bond acceptors (Lipinski definition) is 5. The van der Waals surface area contributed by atoms with Gasteiger partial charge in [0, 0.05) is 35.6 Å². The molecule has 6 heteroatoms. The molecule has 4 N–H and O–H groups in total. The molecule has 2 unspecified atom stereocenters. The fourth-order valence-electron chi connectivity index (χ4n) is 3.52. The first-order valence-electron chi connectivity index (χ1n) is 10.4.